The Balaban J connectivity index is 2.58. The monoisotopic (exact) mass is 168 g/mol. The number of amides is 1. The molecular formula is C7H12N4O. The van der Waals surface area contributed by atoms with E-state index in [2.05, 4.69) is 5.10 Å². The molecule has 0 bridgehead atoms. The van der Waals surface area contributed by atoms with Gasteiger partial charge in [0.1, 0.15) is 0 Å². The summed E-state index contributed by atoms with van der Waals surface area (Å²) in [5.74, 6) is -0.332. The van der Waals surface area contributed by atoms with Gasteiger partial charge in [0.05, 0.1) is 11.4 Å². The Kier molecular flexibility index (Phi) is 2.32. The molecule has 5 nitrogen and oxygen atoms in total. The van der Waals surface area contributed by atoms with E-state index in [4.69, 9.17) is 11.5 Å². The van der Waals surface area contributed by atoms with Crippen LogP contribution in [0.5, 0.6) is 0 Å². The van der Waals surface area contributed by atoms with Crippen molar-refractivity contribution in [1.82, 2.24) is 9.78 Å². The SMILES string of the molecule is Cc1nn(CCC(N)=O)cc1N. The van der Waals surface area contributed by atoms with Gasteiger partial charge in [-0.25, -0.2) is 0 Å². The Morgan fingerprint density at radius 1 is 1.75 bits per heavy atom. The van der Waals surface area contributed by atoms with Crippen molar-refractivity contribution < 1.29 is 4.79 Å². The summed E-state index contributed by atoms with van der Waals surface area (Å²) in [6.07, 6.45) is 1.98. The lowest BCUT2D eigenvalue weighted by Crippen LogP contribution is -2.14. The maximum Gasteiger partial charge on any atom is 0.219 e. The molecule has 0 spiro atoms. The summed E-state index contributed by atoms with van der Waals surface area (Å²) in [5.41, 5.74) is 11.9. The number of nitrogens with zero attached hydrogens (tertiary/aromatic N) is 2. The molecule has 1 aromatic rings. The van der Waals surface area contributed by atoms with E-state index in [9.17, 15) is 4.79 Å². The van der Waals surface area contributed by atoms with Crippen molar-refractivity contribution in [3.63, 3.8) is 0 Å². The Morgan fingerprint density at radius 2 is 2.42 bits per heavy atom. The van der Waals surface area contributed by atoms with Crippen molar-refractivity contribution in [2.24, 2.45) is 5.73 Å². The number of carbonyl (C=O) groups excluding carboxylic acids is 1. The van der Waals surface area contributed by atoms with Crippen molar-refractivity contribution in [1.29, 1.82) is 0 Å². The number of anilines is 1. The van der Waals surface area contributed by atoms with Gasteiger partial charge in [-0.3, -0.25) is 9.48 Å². The zero-order valence-corrected chi connectivity index (χ0v) is 6.95. The molecule has 0 saturated heterocycles. The highest BCUT2D eigenvalue weighted by molar-refractivity contribution is 5.73. The van der Waals surface area contributed by atoms with Crippen LogP contribution in [0.1, 0.15) is 12.1 Å². The van der Waals surface area contributed by atoms with Crippen LogP contribution in [0.25, 0.3) is 0 Å². The highest BCUT2D eigenvalue weighted by atomic mass is 16.1. The fourth-order valence-corrected chi connectivity index (χ4v) is 0.873. The Bertz CT molecular complexity index is 272. The van der Waals surface area contributed by atoms with E-state index >= 15 is 0 Å². The smallest absolute Gasteiger partial charge is 0.219 e. The summed E-state index contributed by atoms with van der Waals surface area (Å²) in [5, 5.41) is 4.07. The highest BCUT2D eigenvalue weighted by Crippen LogP contribution is 2.06. The molecule has 0 unspecified atom stereocenters. The third-order valence-electron chi connectivity index (χ3n) is 1.57. The van der Waals surface area contributed by atoms with Crippen LogP contribution in [0.3, 0.4) is 0 Å². The molecule has 0 aliphatic carbocycles. The van der Waals surface area contributed by atoms with E-state index in [1.54, 1.807) is 10.9 Å². The first-order chi connectivity index (χ1) is 5.59. The molecule has 0 radical (unpaired) electrons. The molecule has 1 amide bonds. The van der Waals surface area contributed by atoms with E-state index in [1.807, 2.05) is 6.92 Å². The van der Waals surface area contributed by atoms with Gasteiger partial charge in [-0.2, -0.15) is 5.10 Å². The standard InChI is InChI=1S/C7H12N4O/c1-5-6(8)4-11(10-5)3-2-7(9)12/h4H,2-3,8H2,1H3,(H2,9,12). The number of rotatable bonds is 3. The summed E-state index contributed by atoms with van der Waals surface area (Å²) in [7, 11) is 0. The normalized spacial score (nSPS) is 10.1. The van der Waals surface area contributed by atoms with Crippen LogP contribution in [0.2, 0.25) is 0 Å². The molecular weight excluding hydrogens is 156 g/mol. The average molecular weight is 168 g/mol. The number of aryl methyl sites for hydroxylation is 2. The van der Waals surface area contributed by atoms with Crippen molar-refractivity contribution >= 4 is 11.6 Å². The third-order valence-corrected chi connectivity index (χ3v) is 1.57. The number of carbonyl (C=O) groups is 1. The van der Waals surface area contributed by atoms with Crippen LogP contribution in [-0.4, -0.2) is 15.7 Å². The molecule has 1 rings (SSSR count). The van der Waals surface area contributed by atoms with E-state index in [0.29, 0.717) is 18.7 Å². The zero-order chi connectivity index (χ0) is 9.14. The second-order valence-electron chi connectivity index (χ2n) is 2.65. The van der Waals surface area contributed by atoms with Crippen LogP contribution in [-0.2, 0) is 11.3 Å². The first-order valence-corrected chi connectivity index (χ1v) is 3.67. The lowest BCUT2D eigenvalue weighted by Gasteiger charge is -1.96. The number of nitrogens with two attached hydrogens (primary N) is 2. The highest BCUT2D eigenvalue weighted by Gasteiger charge is 2.01. The maximum atomic E-state index is 10.4. The Morgan fingerprint density at radius 3 is 2.83 bits per heavy atom. The van der Waals surface area contributed by atoms with Crippen LogP contribution in [0.4, 0.5) is 5.69 Å². The third kappa shape index (κ3) is 1.98. The topological polar surface area (TPSA) is 86.9 Å². The summed E-state index contributed by atoms with van der Waals surface area (Å²) in [4.78, 5) is 10.4. The van der Waals surface area contributed by atoms with Gasteiger partial charge in [0.25, 0.3) is 0 Å². The Hall–Kier alpha value is -1.52. The minimum Gasteiger partial charge on any atom is -0.396 e. The van der Waals surface area contributed by atoms with Gasteiger partial charge in [0, 0.05) is 19.2 Å². The van der Waals surface area contributed by atoms with Crippen LogP contribution >= 0.6 is 0 Å². The summed E-state index contributed by atoms with van der Waals surface area (Å²) in [6, 6.07) is 0. The summed E-state index contributed by atoms with van der Waals surface area (Å²) < 4.78 is 1.62. The molecule has 4 N–H and O–H groups in total. The van der Waals surface area contributed by atoms with Crippen LogP contribution < -0.4 is 11.5 Å². The molecule has 0 aliphatic rings. The predicted molar refractivity (Wildman–Crippen MR) is 45.2 cm³/mol. The lowest BCUT2D eigenvalue weighted by molar-refractivity contribution is -0.118. The second-order valence-corrected chi connectivity index (χ2v) is 2.65. The fourth-order valence-electron chi connectivity index (χ4n) is 0.873. The van der Waals surface area contributed by atoms with Crippen molar-refractivity contribution in [3.8, 4) is 0 Å². The molecule has 66 valence electrons. The van der Waals surface area contributed by atoms with E-state index in [-0.39, 0.29) is 5.91 Å². The molecule has 1 heterocycles. The van der Waals surface area contributed by atoms with Gasteiger partial charge in [-0.05, 0) is 6.92 Å². The van der Waals surface area contributed by atoms with Crippen LogP contribution in [0.15, 0.2) is 6.20 Å². The summed E-state index contributed by atoms with van der Waals surface area (Å²) in [6.45, 7) is 2.31. The molecule has 0 fully saturated rings. The molecule has 5 heteroatoms. The fraction of sp³-hybridized carbons (Fsp3) is 0.429. The lowest BCUT2D eigenvalue weighted by atomic mass is 10.4. The van der Waals surface area contributed by atoms with Crippen LogP contribution in [0, 0.1) is 6.92 Å². The van der Waals surface area contributed by atoms with E-state index in [0.717, 1.165) is 5.69 Å². The van der Waals surface area contributed by atoms with Gasteiger partial charge in [0.2, 0.25) is 5.91 Å². The number of primary amides is 1. The van der Waals surface area contributed by atoms with E-state index in [1.165, 1.54) is 0 Å². The minimum absolute atomic E-state index is 0.292. The quantitative estimate of drug-likeness (QED) is 0.646. The maximum absolute atomic E-state index is 10.4. The second kappa shape index (κ2) is 3.25. The summed E-state index contributed by atoms with van der Waals surface area (Å²) >= 11 is 0. The largest absolute Gasteiger partial charge is 0.396 e. The zero-order valence-electron chi connectivity index (χ0n) is 6.95. The number of aromatic nitrogens is 2. The first-order valence-electron chi connectivity index (χ1n) is 3.67. The van der Waals surface area contributed by atoms with Gasteiger partial charge >= 0.3 is 0 Å². The van der Waals surface area contributed by atoms with Gasteiger partial charge in [-0.15, -0.1) is 0 Å². The first kappa shape index (κ1) is 8.58. The number of nitrogen functional groups attached to an aromatic ring is 1. The molecule has 12 heavy (non-hydrogen) atoms. The van der Waals surface area contributed by atoms with Crippen molar-refractivity contribution in [2.45, 2.75) is 19.9 Å². The average Bonchev–Trinajstić information content (AvgIpc) is 2.28. The molecule has 0 aliphatic heterocycles. The molecule has 0 saturated carbocycles. The molecule has 0 aromatic carbocycles. The number of hydrogen-bond acceptors (Lipinski definition) is 3. The van der Waals surface area contributed by atoms with Gasteiger partial charge < -0.3 is 11.5 Å². The minimum atomic E-state index is -0.332. The van der Waals surface area contributed by atoms with Crippen molar-refractivity contribution in [3.05, 3.63) is 11.9 Å². The van der Waals surface area contributed by atoms with Crippen molar-refractivity contribution in [2.75, 3.05) is 5.73 Å². The van der Waals surface area contributed by atoms with Gasteiger partial charge in [0.15, 0.2) is 0 Å². The Labute approximate surface area is 70.3 Å². The molecule has 0 atom stereocenters. The number of hydrogen-bond donors (Lipinski definition) is 2. The molecule has 1 aromatic heterocycles. The van der Waals surface area contributed by atoms with E-state index < -0.39 is 0 Å². The van der Waals surface area contributed by atoms with Gasteiger partial charge in [-0.1, -0.05) is 0 Å². The predicted octanol–water partition coefficient (Wildman–Crippen LogP) is -0.351.